The molecule has 3 N–H and O–H groups in total. The Labute approximate surface area is 117 Å². The van der Waals surface area contributed by atoms with E-state index in [1.807, 2.05) is 18.2 Å². The molecule has 0 saturated heterocycles. The van der Waals surface area contributed by atoms with Crippen molar-refractivity contribution in [2.45, 2.75) is 25.3 Å². The minimum absolute atomic E-state index is 0.200. The van der Waals surface area contributed by atoms with E-state index in [-0.39, 0.29) is 6.04 Å². The molecule has 18 heavy (non-hydrogen) atoms. The molecule has 2 rings (SSSR count). The first-order valence-electron chi connectivity index (χ1n) is 6.05. The predicted octanol–water partition coefficient (Wildman–Crippen LogP) is 3.93. The third kappa shape index (κ3) is 3.82. The quantitative estimate of drug-likeness (QED) is 0.621. The Hall–Kier alpha value is -0.870. The lowest BCUT2D eigenvalue weighted by Gasteiger charge is -2.13. The van der Waals surface area contributed by atoms with Crippen LogP contribution in [0.5, 0.6) is 0 Å². The van der Waals surface area contributed by atoms with Crippen molar-refractivity contribution in [3.63, 3.8) is 0 Å². The zero-order valence-corrected chi connectivity index (χ0v) is 11.7. The van der Waals surface area contributed by atoms with Crippen molar-refractivity contribution >= 4 is 22.9 Å². The smallest absolute Gasteiger partial charge is 0.0931 e. The summed E-state index contributed by atoms with van der Waals surface area (Å²) in [6.45, 7) is 0. The van der Waals surface area contributed by atoms with Gasteiger partial charge in [0.2, 0.25) is 0 Å². The molecule has 0 radical (unpaired) electrons. The van der Waals surface area contributed by atoms with Crippen molar-refractivity contribution in [3.05, 3.63) is 57.2 Å². The van der Waals surface area contributed by atoms with Crippen LogP contribution >= 0.6 is 22.9 Å². The van der Waals surface area contributed by atoms with Gasteiger partial charge in [0.15, 0.2) is 0 Å². The van der Waals surface area contributed by atoms with Crippen LogP contribution in [-0.2, 0) is 6.42 Å². The molecule has 0 fully saturated rings. The summed E-state index contributed by atoms with van der Waals surface area (Å²) in [6.07, 6.45) is 3.20. The second-order valence-corrected chi connectivity index (χ2v) is 5.99. The fourth-order valence-corrected chi connectivity index (χ4v) is 3.13. The first-order valence-corrected chi connectivity index (χ1v) is 7.24. The number of hydrazine groups is 1. The molecule has 2 aromatic rings. The maximum Gasteiger partial charge on any atom is 0.0931 e. The van der Waals surface area contributed by atoms with Gasteiger partial charge in [-0.15, -0.1) is 11.3 Å². The van der Waals surface area contributed by atoms with Crippen molar-refractivity contribution in [1.29, 1.82) is 0 Å². The van der Waals surface area contributed by atoms with E-state index < -0.39 is 0 Å². The van der Waals surface area contributed by atoms with Crippen LogP contribution in [0.25, 0.3) is 0 Å². The summed E-state index contributed by atoms with van der Waals surface area (Å²) in [4.78, 5) is 1.20. The summed E-state index contributed by atoms with van der Waals surface area (Å²) < 4.78 is 0.813. The topological polar surface area (TPSA) is 38.0 Å². The molecular formula is C14H17ClN2S. The van der Waals surface area contributed by atoms with Gasteiger partial charge in [-0.1, -0.05) is 41.9 Å². The molecule has 4 heteroatoms. The molecule has 1 aromatic heterocycles. The van der Waals surface area contributed by atoms with Crippen molar-refractivity contribution in [1.82, 2.24) is 5.43 Å². The SMILES string of the molecule is NNC(CCCc1ccccc1)c1ccc(Cl)s1. The lowest BCUT2D eigenvalue weighted by atomic mass is 10.0. The molecule has 1 atom stereocenters. The van der Waals surface area contributed by atoms with Crippen molar-refractivity contribution in [3.8, 4) is 0 Å². The molecule has 0 saturated carbocycles. The molecule has 0 aliphatic heterocycles. The number of benzene rings is 1. The highest BCUT2D eigenvalue weighted by Gasteiger charge is 2.11. The molecule has 0 spiro atoms. The van der Waals surface area contributed by atoms with Gasteiger partial charge >= 0.3 is 0 Å². The number of halogens is 1. The maximum atomic E-state index is 5.94. The first kappa shape index (κ1) is 13.6. The van der Waals surface area contributed by atoms with Crippen molar-refractivity contribution < 1.29 is 0 Å². The number of rotatable bonds is 6. The standard InChI is InChI=1S/C14H17ClN2S/c15-14-10-9-13(18-14)12(17-16)8-4-7-11-5-2-1-3-6-11/h1-3,5-6,9-10,12,17H,4,7-8,16H2. The van der Waals surface area contributed by atoms with E-state index in [9.17, 15) is 0 Å². The predicted molar refractivity (Wildman–Crippen MR) is 78.8 cm³/mol. The Kier molecular flexibility index (Phi) is 5.20. The molecular weight excluding hydrogens is 264 g/mol. The zero-order valence-electron chi connectivity index (χ0n) is 10.1. The number of aryl methyl sites for hydroxylation is 1. The van der Waals surface area contributed by atoms with Gasteiger partial charge < -0.3 is 0 Å². The van der Waals surface area contributed by atoms with E-state index in [1.54, 1.807) is 11.3 Å². The number of hydrogen-bond donors (Lipinski definition) is 2. The van der Waals surface area contributed by atoms with Gasteiger partial charge in [-0.2, -0.15) is 0 Å². The number of thiophene rings is 1. The third-order valence-electron chi connectivity index (χ3n) is 2.94. The van der Waals surface area contributed by atoms with Gasteiger partial charge in [0.05, 0.1) is 10.4 Å². The second-order valence-electron chi connectivity index (χ2n) is 4.24. The highest BCUT2D eigenvalue weighted by Crippen LogP contribution is 2.29. The van der Waals surface area contributed by atoms with Crippen LogP contribution in [0.15, 0.2) is 42.5 Å². The first-order chi connectivity index (χ1) is 8.79. The zero-order chi connectivity index (χ0) is 12.8. The molecule has 2 nitrogen and oxygen atoms in total. The second kappa shape index (κ2) is 6.90. The molecule has 0 aliphatic carbocycles. The highest BCUT2D eigenvalue weighted by molar-refractivity contribution is 7.16. The molecule has 0 bridgehead atoms. The molecule has 1 heterocycles. The molecule has 0 amide bonds. The van der Waals surface area contributed by atoms with Gasteiger partial charge in [-0.3, -0.25) is 11.3 Å². The lowest BCUT2D eigenvalue weighted by Crippen LogP contribution is -2.27. The summed E-state index contributed by atoms with van der Waals surface area (Å²) in [5.41, 5.74) is 4.24. The Morgan fingerprint density at radius 2 is 1.94 bits per heavy atom. The Bertz CT molecular complexity index is 470. The van der Waals surface area contributed by atoms with Crippen LogP contribution < -0.4 is 11.3 Å². The Morgan fingerprint density at radius 3 is 2.56 bits per heavy atom. The van der Waals surface area contributed by atoms with Gasteiger partial charge in [0.1, 0.15) is 0 Å². The minimum Gasteiger partial charge on any atom is -0.271 e. The fraction of sp³-hybridized carbons (Fsp3) is 0.286. The lowest BCUT2D eigenvalue weighted by molar-refractivity contribution is 0.505. The highest BCUT2D eigenvalue weighted by atomic mass is 35.5. The van der Waals surface area contributed by atoms with Gasteiger partial charge in [-0.05, 0) is 37.0 Å². The largest absolute Gasteiger partial charge is 0.271 e. The fourth-order valence-electron chi connectivity index (χ4n) is 1.98. The van der Waals surface area contributed by atoms with E-state index in [4.69, 9.17) is 17.4 Å². The number of hydrogen-bond acceptors (Lipinski definition) is 3. The van der Waals surface area contributed by atoms with Crippen LogP contribution in [0.4, 0.5) is 0 Å². The van der Waals surface area contributed by atoms with Gasteiger partial charge in [0, 0.05) is 4.88 Å². The molecule has 1 unspecified atom stereocenters. The number of nitrogens with one attached hydrogen (secondary N) is 1. The summed E-state index contributed by atoms with van der Waals surface area (Å²) in [7, 11) is 0. The molecule has 1 aromatic carbocycles. The van der Waals surface area contributed by atoms with Gasteiger partial charge in [-0.25, -0.2) is 0 Å². The summed E-state index contributed by atoms with van der Waals surface area (Å²) in [6, 6.07) is 14.7. The van der Waals surface area contributed by atoms with Crippen LogP contribution in [0, 0.1) is 0 Å². The summed E-state index contributed by atoms with van der Waals surface area (Å²) >= 11 is 7.53. The third-order valence-corrected chi connectivity index (χ3v) is 4.28. The van der Waals surface area contributed by atoms with E-state index in [1.165, 1.54) is 10.4 Å². The van der Waals surface area contributed by atoms with Crippen LogP contribution in [0.2, 0.25) is 4.34 Å². The van der Waals surface area contributed by atoms with E-state index in [0.29, 0.717) is 0 Å². The maximum absolute atomic E-state index is 5.94. The van der Waals surface area contributed by atoms with Crippen molar-refractivity contribution in [2.75, 3.05) is 0 Å². The van der Waals surface area contributed by atoms with Gasteiger partial charge in [0.25, 0.3) is 0 Å². The Balaban J connectivity index is 1.85. The number of nitrogens with two attached hydrogens (primary N) is 1. The van der Waals surface area contributed by atoms with Crippen molar-refractivity contribution in [2.24, 2.45) is 5.84 Å². The monoisotopic (exact) mass is 280 g/mol. The minimum atomic E-state index is 0.200. The Morgan fingerprint density at radius 1 is 1.17 bits per heavy atom. The van der Waals surface area contributed by atoms with E-state index in [0.717, 1.165) is 23.6 Å². The summed E-state index contributed by atoms with van der Waals surface area (Å²) in [5, 5.41) is 0. The average Bonchev–Trinajstić information content (AvgIpc) is 2.82. The molecule has 0 aliphatic rings. The van der Waals surface area contributed by atoms with E-state index >= 15 is 0 Å². The van der Waals surface area contributed by atoms with Crippen LogP contribution in [0.1, 0.15) is 29.3 Å². The van der Waals surface area contributed by atoms with E-state index in [2.05, 4.69) is 29.7 Å². The summed E-state index contributed by atoms with van der Waals surface area (Å²) in [5.74, 6) is 5.61. The molecule has 96 valence electrons. The normalized spacial score (nSPS) is 12.6. The average molecular weight is 281 g/mol. The van der Waals surface area contributed by atoms with Crippen LogP contribution in [-0.4, -0.2) is 0 Å². The van der Waals surface area contributed by atoms with Crippen LogP contribution in [0.3, 0.4) is 0 Å².